The van der Waals surface area contributed by atoms with Gasteiger partial charge in [0.05, 0.1) is 19.2 Å². The Bertz CT molecular complexity index is 1220. The van der Waals surface area contributed by atoms with E-state index in [-0.39, 0.29) is 57.2 Å². The second-order valence-corrected chi connectivity index (χ2v) is 8.56. The Labute approximate surface area is 220 Å². The zero-order chi connectivity index (χ0) is 27.7. The lowest BCUT2D eigenvalue weighted by Gasteiger charge is -2.36. The Morgan fingerprint density at radius 1 is 1.13 bits per heavy atom. The number of piperazine rings is 1. The minimum atomic E-state index is -1.04. The van der Waals surface area contributed by atoms with Crippen LogP contribution in [0.3, 0.4) is 0 Å². The van der Waals surface area contributed by atoms with Crippen LogP contribution in [0.1, 0.15) is 37.2 Å². The largest absolute Gasteiger partial charge is 0.475 e. The predicted molar refractivity (Wildman–Crippen MR) is 135 cm³/mol. The number of fused-ring (bicyclic) bond motifs is 1. The molecule has 1 fully saturated rings. The maximum atomic E-state index is 13.4. The van der Waals surface area contributed by atoms with E-state index in [1.807, 2.05) is 6.07 Å². The van der Waals surface area contributed by atoms with E-state index < -0.39 is 30.1 Å². The number of nitriles is 1. The third kappa shape index (κ3) is 7.09. The molecule has 1 aromatic heterocycles. The van der Waals surface area contributed by atoms with Crippen LogP contribution in [-0.2, 0) is 19.1 Å². The lowest BCUT2D eigenvalue weighted by Crippen LogP contribution is -2.56. The van der Waals surface area contributed by atoms with E-state index in [9.17, 15) is 19.2 Å². The van der Waals surface area contributed by atoms with Crippen LogP contribution in [0, 0.1) is 11.3 Å². The first-order chi connectivity index (χ1) is 18.3. The molecule has 3 amide bonds. The molecule has 0 saturated carbocycles. The van der Waals surface area contributed by atoms with Crippen LogP contribution >= 0.6 is 0 Å². The number of nitrogens with one attached hydrogen (secondary N) is 1. The number of hydrogen-bond acceptors (Lipinski definition) is 9. The molecule has 0 bridgehead atoms. The van der Waals surface area contributed by atoms with Gasteiger partial charge < -0.3 is 29.3 Å². The lowest BCUT2D eigenvalue weighted by molar-refractivity contribution is -0.141. The number of aromatic nitrogens is 1. The van der Waals surface area contributed by atoms with Crippen LogP contribution in [0.15, 0.2) is 30.3 Å². The second-order valence-electron chi connectivity index (χ2n) is 8.56. The molecule has 1 aromatic carbocycles. The molecule has 1 aliphatic rings. The van der Waals surface area contributed by atoms with E-state index in [2.05, 4.69) is 10.3 Å². The van der Waals surface area contributed by atoms with Crippen molar-refractivity contribution < 1.29 is 33.4 Å². The molecule has 0 radical (unpaired) electrons. The molecule has 38 heavy (non-hydrogen) atoms. The Hall–Kier alpha value is -4.40. The van der Waals surface area contributed by atoms with Gasteiger partial charge in [-0.2, -0.15) is 5.26 Å². The highest BCUT2D eigenvalue weighted by atomic mass is 16.6. The standard InChI is InChI=1S/C26H31N5O7/c1-4-37-26(35)31-13-11-30(12-14-31)25(34)20(9-10-23(32)36-3)29-24(33)21-15-22(38-17(2)16-27)18-7-5-6-8-19(18)28-21/h5-8,15,17,20H,4,9-14H2,1-3H3,(H,29,33). The number of carbonyl (C=O) groups is 4. The molecule has 1 saturated heterocycles. The van der Waals surface area contributed by atoms with Gasteiger partial charge in [0.15, 0.2) is 6.10 Å². The first kappa shape index (κ1) is 28.2. The normalized spacial score (nSPS) is 14.7. The molecule has 12 nitrogen and oxygen atoms in total. The fourth-order valence-electron chi connectivity index (χ4n) is 3.97. The number of amides is 3. The van der Waals surface area contributed by atoms with Crippen LogP contribution in [0.5, 0.6) is 5.75 Å². The fourth-order valence-corrected chi connectivity index (χ4v) is 3.97. The molecule has 12 heteroatoms. The first-order valence-electron chi connectivity index (χ1n) is 12.3. The number of pyridine rings is 1. The van der Waals surface area contributed by atoms with Crippen LogP contribution in [0.4, 0.5) is 4.79 Å². The Balaban J connectivity index is 1.80. The monoisotopic (exact) mass is 525 g/mol. The number of benzene rings is 1. The molecule has 2 atom stereocenters. The zero-order valence-electron chi connectivity index (χ0n) is 21.6. The molecule has 202 valence electrons. The highest BCUT2D eigenvalue weighted by Crippen LogP contribution is 2.26. The number of nitrogens with zero attached hydrogens (tertiary/aromatic N) is 4. The van der Waals surface area contributed by atoms with Gasteiger partial charge in [-0.15, -0.1) is 0 Å². The van der Waals surface area contributed by atoms with Crippen LogP contribution < -0.4 is 10.1 Å². The minimum Gasteiger partial charge on any atom is -0.475 e. The van der Waals surface area contributed by atoms with E-state index >= 15 is 0 Å². The molecule has 2 heterocycles. The zero-order valence-corrected chi connectivity index (χ0v) is 21.6. The third-order valence-electron chi connectivity index (χ3n) is 5.98. The number of hydrogen-bond donors (Lipinski definition) is 1. The van der Waals surface area contributed by atoms with Crippen molar-refractivity contribution in [2.45, 2.75) is 38.8 Å². The van der Waals surface area contributed by atoms with Crippen LogP contribution in [0.25, 0.3) is 10.9 Å². The van der Waals surface area contributed by atoms with Gasteiger partial charge in [0.1, 0.15) is 23.6 Å². The van der Waals surface area contributed by atoms with E-state index in [1.54, 1.807) is 38.1 Å². The summed E-state index contributed by atoms with van der Waals surface area (Å²) in [5, 5.41) is 12.5. The summed E-state index contributed by atoms with van der Waals surface area (Å²) in [4.78, 5) is 57.9. The van der Waals surface area contributed by atoms with Gasteiger partial charge in [0, 0.05) is 44.1 Å². The SMILES string of the molecule is CCOC(=O)N1CCN(C(=O)C(CCC(=O)OC)NC(=O)c2cc(OC(C)C#N)c3ccccc3n2)CC1. The summed E-state index contributed by atoms with van der Waals surface area (Å²) in [6.45, 7) is 4.62. The van der Waals surface area contributed by atoms with Crippen LogP contribution in [-0.4, -0.2) is 90.7 Å². The fraction of sp³-hybridized carbons (Fsp3) is 0.462. The maximum Gasteiger partial charge on any atom is 0.409 e. The molecule has 0 spiro atoms. The summed E-state index contributed by atoms with van der Waals surface area (Å²) in [6, 6.07) is 9.40. The van der Waals surface area contributed by atoms with Gasteiger partial charge >= 0.3 is 12.1 Å². The number of ether oxygens (including phenoxy) is 3. The predicted octanol–water partition coefficient (Wildman–Crippen LogP) is 1.88. The highest BCUT2D eigenvalue weighted by molar-refractivity contribution is 5.99. The van der Waals surface area contributed by atoms with Crippen molar-refractivity contribution in [3.05, 3.63) is 36.0 Å². The Kier molecular flexibility index (Phi) is 9.81. The number of methoxy groups -OCH3 is 1. The van der Waals surface area contributed by atoms with Crippen molar-refractivity contribution >= 4 is 34.8 Å². The highest BCUT2D eigenvalue weighted by Gasteiger charge is 2.31. The summed E-state index contributed by atoms with van der Waals surface area (Å²) < 4.78 is 15.4. The van der Waals surface area contributed by atoms with E-state index in [4.69, 9.17) is 19.5 Å². The second kappa shape index (κ2) is 13.2. The maximum absolute atomic E-state index is 13.4. The van der Waals surface area contributed by atoms with Gasteiger partial charge in [0.25, 0.3) is 5.91 Å². The molecule has 2 unspecified atom stereocenters. The minimum absolute atomic E-state index is 0.00756. The average molecular weight is 526 g/mol. The van der Waals surface area contributed by atoms with Crippen molar-refractivity contribution in [3.63, 3.8) is 0 Å². The quantitative estimate of drug-likeness (QED) is 0.484. The van der Waals surface area contributed by atoms with Gasteiger partial charge in [-0.1, -0.05) is 12.1 Å². The Morgan fingerprint density at radius 3 is 2.47 bits per heavy atom. The van der Waals surface area contributed by atoms with Crippen molar-refractivity contribution in [3.8, 4) is 11.8 Å². The molecular formula is C26H31N5O7. The van der Waals surface area contributed by atoms with Gasteiger partial charge in [-0.05, 0) is 32.4 Å². The first-order valence-corrected chi connectivity index (χ1v) is 12.3. The van der Waals surface area contributed by atoms with Crippen molar-refractivity contribution in [2.24, 2.45) is 0 Å². The van der Waals surface area contributed by atoms with Crippen LogP contribution in [0.2, 0.25) is 0 Å². The number of para-hydroxylation sites is 1. The summed E-state index contributed by atoms with van der Waals surface area (Å²) in [5.41, 5.74) is 0.472. The molecule has 1 N–H and O–H groups in total. The number of rotatable bonds is 9. The van der Waals surface area contributed by atoms with Gasteiger partial charge in [-0.25, -0.2) is 9.78 Å². The smallest absolute Gasteiger partial charge is 0.409 e. The van der Waals surface area contributed by atoms with E-state index in [0.717, 1.165) is 0 Å². The molecule has 2 aromatic rings. The third-order valence-corrected chi connectivity index (χ3v) is 5.98. The lowest BCUT2D eigenvalue weighted by atomic mass is 10.1. The topological polar surface area (TPSA) is 151 Å². The van der Waals surface area contributed by atoms with Crippen molar-refractivity contribution in [1.82, 2.24) is 20.1 Å². The summed E-state index contributed by atoms with van der Waals surface area (Å²) in [7, 11) is 1.25. The number of carbonyl (C=O) groups excluding carboxylic acids is 4. The number of esters is 1. The Morgan fingerprint density at radius 2 is 1.82 bits per heavy atom. The summed E-state index contributed by atoms with van der Waals surface area (Å²) in [5.74, 6) is -1.24. The summed E-state index contributed by atoms with van der Waals surface area (Å²) in [6.07, 6.45) is -1.28. The van der Waals surface area contributed by atoms with E-state index in [0.29, 0.717) is 16.7 Å². The molecule has 0 aliphatic carbocycles. The summed E-state index contributed by atoms with van der Waals surface area (Å²) >= 11 is 0. The molecule has 3 rings (SSSR count). The van der Waals surface area contributed by atoms with Gasteiger partial charge in [0.2, 0.25) is 5.91 Å². The molecular weight excluding hydrogens is 494 g/mol. The van der Waals surface area contributed by atoms with Crippen molar-refractivity contribution in [1.29, 1.82) is 5.26 Å². The van der Waals surface area contributed by atoms with E-state index in [1.165, 1.54) is 23.0 Å². The average Bonchev–Trinajstić information content (AvgIpc) is 2.94. The molecule has 1 aliphatic heterocycles. The van der Waals surface area contributed by atoms with Crippen molar-refractivity contribution in [2.75, 3.05) is 39.9 Å². The van der Waals surface area contributed by atoms with Gasteiger partial charge in [-0.3, -0.25) is 14.4 Å².